The van der Waals surface area contributed by atoms with Gasteiger partial charge in [0.15, 0.2) is 0 Å². The van der Waals surface area contributed by atoms with Crippen molar-refractivity contribution >= 4 is 46.0 Å². The van der Waals surface area contributed by atoms with Gasteiger partial charge in [0, 0.05) is 29.2 Å². The number of ether oxygens (including phenoxy) is 1. The van der Waals surface area contributed by atoms with Gasteiger partial charge >= 0.3 is 0 Å². The normalized spacial score (nSPS) is 18.9. The van der Waals surface area contributed by atoms with Crippen LogP contribution >= 0.6 is 23.2 Å². The molecule has 158 valence electrons. The Bertz CT molecular complexity index is 1050. The minimum absolute atomic E-state index is 0.00260. The van der Waals surface area contributed by atoms with E-state index in [0.717, 1.165) is 53.7 Å². The van der Waals surface area contributed by atoms with Gasteiger partial charge in [-0.05, 0) is 49.4 Å². The lowest BCUT2D eigenvalue weighted by atomic mass is 9.91. The van der Waals surface area contributed by atoms with E-state index in [2.05, 4.69) is 25.6 Å². The number of nitrogens with zero attached hydrogens (tertiary/aromatic N) is 2. The zero-order valence-corrected chi connectivity index (χ0v) is 18.1. The first kappa shape index (κ1) is 20.8. The highest BCUT2D eigenvalue weighted by molar-refractivity contribution is 6.30. The molecule has 0 radical (unpaired) electrons. The molecule has 0 bridgehead atoms. The molecule has 1 amide bonds. The zero-order chi connectivity index (χ0) is 21.1. The fourth-order valence-corrected chi connectivity index (χ4v) is 4.20. The number of aromatic nitrogens is 3. The molecule has 0 aliphatic heterocycles. The molecule has 3 aromatic rings. The quantitative estimate of drug-likeness (QED) is 0.385. The van der Waals surface area contributed by atoms with E-state index in [1.807, 2.05) is 24.4 Å². The molecule has 3 heterocycles. The van der Waals surface area contributed by atoms with Crippen molar-refractivity contribution in [2.24, 2.45) is 0 Å². The second-order valence-electron chi connectivity index (χ2n) is 7.43. The summed E-state index contributed by atoms with van der Waals surface area (Å²) in [7, 11) is 1.62. The summed E-state index contributed by atoms with van der Waals surface area (Å²) in [6, 6.07) is 6.25. The van der Waals surface area contributed by atoms with E-state index in [1.54, 1.807) is 13.3 Å². The van der Waals surface area contributed by atoms with E-state index in [0.29, 0.717) is 10.9 Å². The third kappa shape index (κ3) is 4.63. The molecule has 0 atom stereocenters. The number of hydrogen-bond acceptors (Lipinski definition) is 5. The number of amides is 1. The maximum Gasteiger partial charge on any atom is 0.235 e. The fourth-order valence-electron chi connectivity index (χ4n) is 3.92. The summed E-state index contributed by atoms with van der Waals surface area (Å²) in [4.78, 5) is 23.5. The van der Waals surface area contributed by atoms with Gasteiger partial charge < -0.3 is 20.4 Å². The first-order valence-corrected chi connectivity index (χ1v) is 10.8. The fraction of sp³-hybridized carbons (Fsp3) is 0.381. The van der Waals surface area contributed by atoms with Gasteiger partial charge in [0.05, 0.1) is 13.3 Å². The van der Waals surface area contributed by atoms with Crippen LogP contribution in [0.25, 0.3) is 22.2 Å². The van der Waals surface area contributed by atoms with Crippen LogP contribution < -0.4 is 15.4 Å². The molecule has 1 aliphatic carbocycles. The SMILES string of the molecule is COc1cnc2[nH]cc(-c3cc(Cl)nc(NC4CCC(NC(=O)CCl)CC4)c3)c2c1. The van der Waals surface area contributed by atoms with Crippen molar-refractivity contribution < 1.29 is 9.53 Å². The number of carbonyl (C=O) groups excluding carboxylic acids is 1. The molecular weight excluding hydrogens is 425 g/mol. The summed E-state index contributed by atoms with van der Waals surface area (Å²) in [6.45, 7) is 0. The van der Waals surface area contributed by atoms with E-state index in [9.17, 15) is 4.79 Å². The predicted octanol–water partition coefficient (Wildman–Crippen LogP) is 4.37. The Morgan fingerprint density at radius 3 is 2.73 bits per heavy atom. The third-order valence-electron chi connectivity index (χ3n) is 5.41. The highest BCUT2D eigenvalue weighted by atomic mass is 35.5. The number of aromatic amines is 1. The molecule has 0 saturated heterocycles. The number of anilines is 1. The van der Waals surface area contributed by atoms with Gasteiger partial charge in [-0.2, -0.15) is 0 Å². The van der Waals surface area contributed by atoms with Gasteiger partial charge in [-0.1, -0.05) is 11.6 Å². The molecule has 1 aliphatic rings. The Balaban J connectivity index is 1.50. The topological polar surface area (TPSA) is 91.9 Å². The molecule has 1 fully saturated rings. The van der Waals surface area contributed by atoms with Crippen molar-refractivity contribution in [1.29, 1.82) is 0 Å². The molecule has 3 N–H and O–H groups in total. The molecular formula is C21H23Cl2N5O2. The Kier molecular flexibility index (Phi) is 6.29. The average Bonchev–Trinajstić information content (AvgIpc) is 3.17. The summed E-state index contributed by atoms with van der Waals surface area (Å²) in [5.41, 5.74) is 2.71. The van der Waals surface area contributed by atoms with Gasteiger partial charge in [0.25, 0.3) is 0 Å². The second-order valence-corrected chi connectivity index (χ2v) is 8.09. The number of methoxy groups -OCH3 is 1. The lowest BCUT2D eigenvalue weighted by molar-refractivity contribution is -0.119. The number of pyridine rings is 2. The molecule has 9 heteroatoms. The number of H-pyrrole nitrogens is 1. The Hall–Kier alpha value is -2.51. The van der Waals surface area contributed by atoms with Crippen LogP contribution in [0, 0.1) is 0 Å². The van der Waals surface area contributed by atoms with Crippen LogP contribution in [0.4, 0.5) is 5.82 Å². The first-order chi connectivity index (χ1) is 14.6. The van der Waals surface area contributed by atoms with Crippen LogP contribution in [-0.4, -0.2) is 45.9 Å². The van der Waals surface area contributed by atoms with Gasteiger partial charge in [-0.25, -0.2) is 9.97 Å². The summed E-state index contributed by atoms with van der Waals surface area (Å²) in [5, 5.41) is 7.83. The van der Waals surface area contributed by atoms with Crippen LogP contribution in [0.2, 0.25) is 5.15 Å². The van der Waals surface area contributed by atoms with Crippen molar-refractivity contribution in [3.8, 4) is 16.9 Å². The number of fused-ring (bicyclic) bond motifs is 1. The van der Waals surface area contributed by atoms with Crippen molar-refractivity contribution in [2.45, 2.75) is 37.8 Å². The monoisotopic (exact) mass is 447 g/mol. The van der Waals surface area contributed by atoms with Crippen molar-refractivity contribution in [1.82, 2.24) is 20.3 Å². The molecule has 0 aromatic carbocycles. The third-order valence-corrected chi connectivity index (χ3v) is 5.85. The largest absolute Gasteiger partial charge is 0.495 e. The maximum atomic E-state index is 11.5. The van der Waals surface area contributed by atoms with Gasteiger partial charge in [-0.15, -0.1) is 11.6 Å². The minimum atomic E-state index is -0.112. The van der Waals surface area contributed by atoms with Gasteiger partial charge in [0.1, 0.15) is 28.2 Å². The number of nitrogens with one attached hydrogen (secondary N) is 3. The maximum absolute atomic E-state index is 11.5. The van der Waals surface area contributed by atoms with Crippen LogP contribution in [0.15, 0.2) is 30.6 Å². The number of alkyl halides is 1. The lowest BCUT2D eigenvalue weighted by Gasteiger charge is -2.30. The number of carbonyl (C=O) groups is 1. The Labute approximate surface area is 184 Å². The van der Waals surface area contributed by atoms with Crippen LogP contribution in [-0.2, 0) is 4.79 Å². The predicted molar refractivity (Wildman–Crippen MR) is 119 cm³/mol. The number of halogens is 2. The lowest BCUT2D eigenvalue weighted by Crippen LogP contribution is -2.40. The van der Waals surface area contributed by atoms with Crippen molar-refractivity contribution in [2.75, 3.05) is 18.3 Å². The summed E-state index contributed by atoms with van der Waals surface area (Å²) >= 11 is 11.9. The standard InChI is InChI=1S/C21H23Cl2N5O2/c1-30-15-8-16-17(11-25-21(16)24-10-15)12-6-18(23)28-19(7-12)26-13-2-4-14(5-3-13)27-20(29)9-22/h6-8,10-11,13-14H,2-5,9H2,1H3,(H,24,25)(H,26,28)(H,27,29). The van der Waals surface area contributed by atoms with Gasteiger partial charge in [-0.3, -0.25) is 4.79 Å². The van der Waals surface area contributed by atoms with Crippen molar-refractivity contribution in [3.05, 3.63) is 35.7 Å². The van der Waals surface area contributed by atoms with Crippen LogP contribution in [0.3, 0.4) is 0 Å². The molecule has 1 saturated carbocycles. The molecule has 30 heavy (non-hydrogen) atoms. The number of rotatable bonds is 6. The van der Waals surface area contributed by atoms with E-state index in [1.165, 1.54) is 0 Å². The summed E-state index contributed by atoms with van der Waals surface area (Å²) < 4.78 is 5.31. The summed E-state index contributed by atoms with van der Waals surface area (Å²) in [5.74, 6) is 1.32. The molecule has 4 rings (SSSR count). The Morgan fingerprint density at radius 1 is 1.23 bits per heavy atom. The summed E-state index contributed by atoms with van der Waals surface area (Å²) in [6.07, 6.45) is 7.28. The highest BCUT2D eigenvalue weighted by Crippen LogP contribution is 2.33. The first-order valence-electron chi connectivity index (χ1n) is 9.86. The van der Waals surface area contributed by atoms with E-state index >= 15 is 0 Å². The molecule has 7 nitrogen and oxygen atoms in total. The van der Waals surface area contributed by atoms with Crippen LogP contribution in [0.5, 0.6) is 5.75 Å². The molecule has 3 aromatic heterocycles. The molecule has 0 unspecified atom stereocenters. The van der Waals surface area contributed by atoms with E-state index in [-0.39, 0.29) is 23.9 Å². The van der Waals surface area contributed by atoms with Gasteiger partial charge in [0.2, 0.25) is 5.91 Å². The zero-order valence-electron chi connectivity index (χ0n) is 16.5. The van der Waals surface area contributed by atoms with E-state index in [4.69, 9.17) is 27.9 Å². The second kappa shape index (κ2) is 9.10. The number of hydrogen-bond donors (Lipinski definition) is 3. The highest BCUT2D eigenvalue weighted by Gasteiger charge is 2.22. The Morgan fingerprint density at radius 2 is 2.00 bits per heavy atom. The van der Waals surface area contributed by atoms with Crippen LogP contribution in [0.1, 0.15) is 25.7 Å². The molecule has 0 spiro atoms. The smallest absolute Gasteiger partial charge is 0.235 e. The minimum Gasteiger partial charge on any atom is -0.495 e. The van der Waals surface area contributed by atoms with Crippen molar-refractivity contribution in [3.63, 3.8) is 0 Å². The van der Waals surface area contributed by atoms with E-state index < -0.39 is 0 Å². The average molecular weight is 448 g/mol.